The lowest BCUT2D eigenvalue weighted by Crippen LogP contribution is -2.40. The van der Waals surface area contributed by atoms with Crippen molar-refractivity contribution in [1.82, 2.24) is 4.57 Å². The van der Waals surface area contributed by atoms with Gasteiger partial charge in [0.05, 0.1) is 38.5 Å². The van der Waals surface area contributed by atoms with E-state index in [9.17, 15) is 9.59 Å². The fourth-order valence-electron chi connectivity index (χ4n) is 4.90. The van der Waals surface area contributed by atoms with Crippen molar-refractivity contribution in [2.45, 2.75) is 52.5 Å². The van der Waals surface area contributed by atoms with Crippen LogP contribution in [0.1, 0.15) is 69.4 Å². The van der Waals surface area contributed by atoms with Gasteiger partial charge in [0.25, 0.3) is 5.56 Å². The summed E-state index contributed by atoms with van der Waals surface area (Å²) in [6.07, 6.45) is 3.07. The van der Waals surface area contributed by atoms with Gasteiger partial charge in [0.1, 0.15) is 11.5 Å². The zero-order chi connectivity index (χ0) is 29.3. The van der Waals surface area contributed by atoms with E-state index >= 15 is 0 Å². The van der Waals surface area contributed by atoms with Crippen molar-refractivity contribution in [2.24, 2.45) is 4.99 Å². The van der Waals surface area contributed by atoms with E-state index in [1.807, 2.05) is 37.3 Å². The molecule has 1 aliphatic rings. The van der Waals surface area contributed by atoms with Gasteiger partial charge in [-0.1, -0.05) is 92.1 Å². The first kappa shape index (κ1) is 29.1. The van der Waals surface area contributed by atoms with Crippen LogP contribution >= 0.6 is 34.5 Å². The van der Waals surface area contributed by atoms with Crippen molar-refractivity contribution in [1.29, 1.82) is 0 Å². The minimum Gasteiger partial charge on any atom is -0.463 e. The highest BCUT2D eigenvalue weighted by molar-refractivity contribution is 7.07. The minimum atomic E-state index is -0.660. The van der Waals surface area contributed by atoms with Gasteiger partial charge in [-0.15, -0.1) is 0 Å². The molecule has 0 saturated carbocycles. The van der Waals surface area contributed by atoms with Crippen molar-refractivity contribution in [3.8, 4) is 11.3 Å². The highest BCUT2D eigenvalue weighted by Crippen LogP contribution is 2.35. The molecular weight excluding hydrogens is 579 g/mol. The lowest BCUT2D eigenvalue weighted by Gasteiger charge is -2.26. The smallest absolute Gasteiger partial charge is 0.338 e. The van der Waals surface area contributed by atoms with Crippen molar-refractivity contribution < 1.29 is 13.9 Å². The Kier molecular flexibility index (Phi) is 8.68. The number of thiazole rings is 1. The van der Waals surface area contributed by atoms with E-state index in [0.29, 0.717) is 60.1 Å². The fraction of sp³-hybridized carbons (Fsp3) is 0.281. The van der Waals surface area contributed by atoms with E-state index in [4.69, 9.17) is 37.3 Å². The second kappa shape index (κ2) is 12.2. The summed E-state index contributed by atoms with van der Waals surface area (Å²) in [7, 11) is 0. The molecule has 2 aromatic heterocycles. The van der Waals surface area contributed by atoms with Crippen LogP contribution in [0.15, 0.2) is 80.1 Å². The number of carbonyl (C=O) groups is 1. The quantitative estimate of drug-likeness (QED) is 0.197. The molecule has 0 N–H and O–H groups in total. The molecule has 0 radical (unpaired) electrons. The summed E-state index contributed by atoms with van der Waals surface area (Å²) in [4.78, 5) is 32.7. The third-order valence-electron chi connectivity index (χ3n) is 6.93. The first-order chi connectivity index (χ1) is 19.7. The zero-order valence-electron chi connectivity index (χ0n) is 23.2. The molecule has 0 unspecified atom stereocenters. The number of allylic oxidation sites excluding steroid dienone is 1. The Balaban J connectivity index is 1.67. The number of fused-ring (bicyclic) bond motifs is 1. The molecule has 3 heterocycles. The SMILES string of the molecule is CCCC1=C(C(=O)OCC)[C@H](c2ccc(C(C)C)cc2)n2c(s/c(=C\c3ccc(-c4cccc(Cl)c4Cl)o3)c2=O)=N1. The number of benzene rings is 2. The molecular formula is C32H30Cl2N2O4S. The molecule has 0 fully saturated rings. The normalized spacial score (nSPS) is 15.3. The van der Waals surface area contributed by atoms with Crippen LogP contribution in [0.3, 0.4) is 0 Å². The third kappa shape index (κ3) is 5.71. The van der Waals surface area contributed by atoms with Crippen molar-refractivity contribution in [3.05, 3.63) is 112 Å². The van der Waals surface area contributed by atoms with Crippen molar-refractivity contribution in [3.63, 3.8) is 0 Å². The van der Waals surface area contributed by atoms with E-state index in [1.54, 1.807) is 41.8 Å². The molecule has 0 aliphatic carbocycles. The predicted molar refractivity (Wildman–Crippen MR) is 164 cm³/mol. The topological polar surface area (TPSA) is 73.8 Å². The average molecular weight is 610 g/mol. The van der Waals surface area contributed by atoms with E-state index < -0.39 is 12.0 Å². The Labute approximate surface area is 252 Å². The van der Waals surface area contributed by atoms with Crippen LogP contribution < -0.4 is 14.9 Å². The Bertz CT molecular complexity index is 1810. The number of halogens is 2. The molecule has 41 heavy (non-hydrogen) atoms. The summed E-state index contributed by atoms with van der Waals surface area (Å²) < 4.78 is 13.6. The lowest BCUT2D eigenvalue weighted by molar-refractivity contribution is -0.139. The number of hydrogen-bond acceptors (Lipinski definition) is 6. The molecule has 1 aliphatic heterocycles. The largest absolute Gasteiger partial charge is 0.463 e. The van der Waals surface area contributed by atoms with Crippen LogP contribution in [0.5, 0.6) is 0 Å². The maximum atomic E-state index is 14.0. The van der Waals surface area contributed by atoms with Crippen LogP contribution in [0, 0.1) is 0 Å². The molecule has 1 atom stereocenters. The summed E-state index contributed by atoms with van der Waals surface area (Å²) in [5, 5.41) is 0.824. The molecule has 6 nitrogen and oxygen atoms in total. The fourth-order valence-corrected chi connectivity index (χ4v) is 6.29. The van der Waals surface area contributed by atoms with Gasteiger partial charge in [-0.2, -0.15) is 0 Å². The van der Waals surface area contributed by atoms with Crippen LogP contribution in [-0.4, -0.2) is 17.1 Å². The van der Waals surface area contributed by atoms with Gasteiger partial charge < -0.3 is 9.15 Å². The Morgan fingerprint density at radius 3 is 2.56 bits per heavy atom. The van der Waals surface area contributed by atoms with Gasteiger partial charge in [0.2, 0.25) is 0 Å². The number of hydrogen-bond donors (Lipinski definition) is 0. The predicted octanol–water partition coefficient (Wildman–Crippen LogP) is 7.27. The molecule has 0 amide bonds. The van der Waals surface area contributed by atoms with Crippen LogP contribution in [-0.2, 0) is 9.53 Å². The lowest BCUT2D eigenvalue weighted by atomic mass is 9.92. The number of furan rings is 1. The number of ether oxygens (including phenoxy) is 1. The monoisotopic (exact) mass is 608 g/mol. The summed E-state index contributed by atoms with van der Waals surface area (Å²) >= 11 is 13.8. The summed E-state index contributed by atoms with van der Waals surface area (Å²) in [5.74, 6) is 0.912. The van der Waals surface area contributed by atoms with Gasteiger partial charge >= 0.3 is 5.97 Å². The second-order valence-electron chi connectivity index (χ2n) is 10.0. The van der Waals surface area contributed by atoms with Crippen LogP contribution in [0.4, 0.5) is 0 Å². The van der Waals surface area contributed by atoms with E-state index in [0.717, 1.165) is 12.0 Å². The summed E-state index contributed by atoms with van der Waals surface area (Å²) in [5.41, 5.74) is 3.44. The minimum absolute atomic E-state index is 0.225. The van der Waals surface area contributed by atoms with Gasteiger partial charge in [0, 0.05) is 11.6 Å². The highest BCUT2D eigenvalue weighted by Gasteiger charge is 2.34. The van der Waals surface area contributed by atoms with Gasteiger partial charge in [0.15, 0.2) is 4.80 Å². The van der Waals surface area contributed by atoms with Crippen molar-refractivity contribution >= 4 is 46.6 Å². The zero-order valence-corrected chi connectivity index (χ0v) is 25.6. The molecule has 5 rings (SSSR count). The number of nitrogens with zero attached hydrogens (tertiary/aromatic N) is 2. The van der Waals surface area contributed by atoms with Crippen molar-refractivity contribution in [2.75, 3.05) is 6.61 Å². The number of aromatic nitrogens is 1. The first-order valence-electron chi connectivity index (χ1n) is 13.6. The Morgan fingerprint density at radius 2 is 1.88 bits per heavy atom. The molecule has 0 spiro atoms. The molecule has 2 aromatic carbocycles. The highest BCUT2D eigenvalue weighted by atomic mass is 35.5. The van der Waals surface area contributed by atoms with E-state index in [2.05, 4.69) is 13.8 Å². The molecule has 0 saturated heterocycles. The van der Waals surface area contributed by atoms with Gasteiger partial charge in [-0.25, -0.2) is 9.79 Å². The molecule has 9 heteroatoms. The Morgan fingerprint density at radius 1 is 1.12 bits per heavy atom. The number of esters is 1. The third-order valence-corrected chi connectivity index (χ3v) is 8.73. The maximum absolute atomic E-state index is 14.0. The van der Waals surface area contributed by atoms with Crippen LogP contribution in [0.25, 0.3) is 17.4 Å². The summed E-state index contributed by atoms with van der Waals surface area (Å²) in [6.45, 7) is 8.29. The number of rotatable bonds is 8. The van der Waals surface area contributed by atoms with E-state index in [-0.39, 0.29) is 12.2 Å². The van der Waals surface area contributed by atoms with E-state index in [1.165, 1.54) is 16.9 Å². The van der Waals surface area contributed by atoms with Gasteiger partial charge in [-0.3, -0.25) is 9.36 Å². The Hall–Kier alpha value is -3.39. The standard InChI is InChI=1S/C32H30Cl2N2O4S/c1-5-8-24-27(31(38)39-6-2)29(20-13-11-19(12-14-20)18(3)4)36-30(37)26(41-32(36)35-24)17-21-15-16-25(40-21)22-9-7-10-23(33)28(22)34/h7,9-18,29H,5-6,8H2,1-4H3/b26-17-/t29-/m0/s1. The molecule has 0 bridgehead atoms. The maximum Gasteiger partial charge on any atom is 0.338 e. The molecule has 212 valence electrons. The average Bonchev–Trinajstić information content (AvgIpc) is 3.54. The van der Waals surface area contributed by atoms with Gasteiger partial charge in [-0.05, 0) is 54.7 Å². The van der Waals surface area contributed by atoms with Crippen LogP contribution in [0.2, 0.25) is 10.0 Å². The summed E-state index contributed by atoms with van der Waals surface area (Å²) in [6, 6.07) is 16.3. The first-order valence-corrected chi connectivity index (χ1v) is 15.2. The molecule has 4 aromatic rings. The second-order valence-corrected chi connectivity index (χ2v) is 11.8. The number of carbonyl (C=O) groups excluding carboxylic acids is 1.